The Kier molecular flexibility index (Phi) is 5.12. The van der Waals surface area contributed by atoms with Crippen molar-refractivity contribution in [3.8, 4) is 6.07 Å². The number of benzene rings is 1. The molecule has 1 N–H and O–H groups in total. The second kappa shape index (κ2) is 6.72. The molecular formula is C15H16F4N2O2. The first-order valence-electron chi connectivity index (χ1n) is 6.99. The number of alkyl halides is 3. The van der Waals surface area contributed by atoms with Crippen LogP contribution in [0.15, 0.2) is 12.1 Å². The SMILES string of the molecule is COC1(CNc2cc(C(F)(F)F)c(F)cc2C#N)CCOCC1. The van der Waals surface area contributed by atoms with Gasteiger partial charge in [0.2, 0.25) is 0 Å². The summed E-state index contributed by atoms with van der Waals surface area (Å²) in [5, 5.41) is 11.8. The van der Waals surface area contributed by atoms with Crippen LogP contribution in [0.3, 0.4) is 0 Å². The van der Waals surface area contributed by atoms with Crippen molar-refractivity contribution in [2.24, 2.45) is 0 Å². The summed E-state index contributed by atoms with van der Waals surface area (Å²) < 4.78 is 62.7. The predicted molar refractivity (Wildman–Crippen MR) is 74.4 cm³/mol. The summed E-state index contributed by atoms with van der Waals surface area (Å²) in [5.74, 6) is -1.47. The van der Waals surface area contributed by atoms with Gasteiger partial charge in [-0.25, -0.2) is 4.39 Å². The molecule has 0 spiro atoms. The van der Waals surface area contributed by atoms with Crippen LogP contribution in [0.25, 0.3) is 0 Å². The molecule has 0 amide bonds. The summed E-state index contributed by atoms with van der Waals surface area (Å²) in [7, 11) is 1.52. The molecule has 1 heterocycles. The highest BCUT2D eigenvalue weighted by atomic mass is 19.4. The number of ether oxygens (including phenoxy) is 2. The lowest BCUT2D eigenvalue weighted by Gasteiger charge is -2.36. The molecule has 1 aliphatic rings. The van der Waals surface area contributed by atoms with Crippen LogP contribution in [0, 0.1) is 17.1 Å². The van der Waals surface area contributed by atoms with Crippen LogP contribution in [0.5, 0.6) is 0 Å². The fraction of sp³-hybridized carbons (Fsp3) is 0.533. The number of halogens is 4. The normalized spacial score (nSPS) is 17.6. The average molecular weight is 332 g/mol. The first-order valence-corrected chi connectivity index (χ1v) is 6.99. The van der Waals surface area contributed by atoms with E-state index < -0.39 is 23.2 Å². The van der Waals surface area contributed by atoms with Gasteiger partial charge in [0.25, 0.3) is 0 Å². The molecule has 0 saturated carbocycles. The van der Waals surface area contributed by atoms with E-state index in [0.29, 0.717) is 38.2 Å². The molecule has 4 nitrogen and oxygen atoms in total. The van der Waals surface area contributed by atoms with Gasteiger partial charge in [-0.05, 0) is 12.1 Å². The van der Waals surface area contributed by atoms with Gasteiger partial charge in [-0.2, -0.15) is 18.4 Å². The Labute approximate surface area is 131 Å². The van der Waals surface area contributed by atoms with Crippen molar-refractivity contribution in [3.05, 3.63) is 29.1 Å². The highest BCUT2D eigenvalue weighted by molar-refractivity contribution is 5.60. The van der Waals surface area contributed by atoms with Gasteiger partial charge >= 0.3 is 6.18 Å². The number of anilines is 1. The summed E-state index contributed by atoms with van der Waals surface area (Å²) in [6.45, 7) is 1.17. The van der Waals surface area contributed by atoms with Gasteiger partial charge in [0.15, 0.2) is 0 Å². The zero-order valence-corrected chi connectivity index (χ0v) is 12.5. The molecule has 0 radical (unpaired) electrons. The lowest BCUT2D eigenvalue weighted by Crippen LogP contribution is -2.44. The van der Waals surface area contributed by atoms with E-state index in [1.165, 1.54) is 7.11 Å². The lowest BCUT2D eigenvalue weighted by molar-refractivity contribution is -0.139. The van der Waals surface area contributed by atoms with E-state index >= 15 is 0 Å². The van der Waals surface area contributed by atoms with Crippen LogP contribution in [0.2, 0.25) is 0 Å². The molecule has 1 aromatic rings. The summed E-state index contributed by atoms with van der Waals surface area (Å²) >= 11 is 0. The maximum atomic E-state index is 13.5. The highest BCUT2D eigenvalue weighted by Gasteiger charge is 2.36. The van der Waals surface area contributed by atoms with Gasteiger partial charge in [-0.3, -0.25) is 0 Å². The summed E-state index contributed by atoms with van der Waals surface area (Å²) in [4.78, 5) is 0. The molecule has 1 aliphatic heterocycles. The van der Waals surface area contributed by atoms with E-state index in [0.717, 1.165) is 0 Å². The molecule has 1 fully saturated rings. The third kappa shape index (κ3) is 3.92. The number of hydrogen-bond donors (Lipinski definition) is 1. The van der Waals surface area contributed by atoms with Crippen molar-refractivity contribution in [1.29, 1.82) is 5.26 Å². The summed E-state index contributed by atoms with van der Waals surface area (Å²) in [5.41, 5.74) is -2.24. The second-order valence-electron chi connectivity index (χ2n) is 5.34. The van der Waals surface area contributed by atoms with Crippen molar-refractivity contribution in [2.45, 2.75) is 24.6 Å². The zero-order chi connectivity index (χ0) is 17.1. The van der Waals surface area contributed by atoms with E-state index in [4.69, 9.17) is 14.7 Å². The van der Waals surface area contributed by atoms with Crippen LogP contribution in [-0.2, 0) is 15.7 Å². The van der Waals surface area contributed by atoms with Crippen molar-refractivity contribution < 1.29 is 27.0 Å². The Balaban J connectivity index is 2.26. The highest BCUT2D eigenvalue weighted by Crippen LogP contribution is 2.35. The molecule has 23 heavy (non-hydrogen) atoms. The topological polar surface area (TPSA) is 54.3 Å². The Morgan fingerprint density at radius 1 is 1.35 bits per heavy atom. The first kappa shape index (κ1) is 17.5. The van der Waals surface area contributed by atoms with Gasteiger partial charge in [0, 0.05) is 39.7 Å². The van der Waals surface area contributed by atoms with E-state index in [1.807, 2.05) is 0 Å². The quantitative estimate of drug-likeness (QED) is 0.860. The van der Waals surface area contributed by atoms with Crippen LogP contribution < -0.4 is 5.32 Å². The first-order chi connectivity index (χ1) is 10.8. The predicted octanol–water partition coefficient (Wildman–Crippen LogP) is 3.32. The van der Waals surface area contributed by atoms with Crippen molar-refractivity contribution in [1.82, 2.24) is 0 Å². The molecule has 0 atom stereocenters. The zero-order valence-electron chi connectivity index (χ0n) is 12.5. The Morgan fingerprint density at radius 3 is 2.52 bits per heavy atom. The lowest BCUT2D eigenvalue weighted by atomic mass is 9.93. The Bertz CT molecular complexity index is 605. The van der Waals surface area contributed by atoms with Crippen LogP contribution in [0.1, 0.15) is 24.0 Å². The van der Waals surface area contributed by atoms with Crippen LogP contribution >= 0.6 is 0 Å². The largest absolute Gasteiger partial charge is 0.419 e. The Hall–Kier alpha value is -1.85. The molecule has 2 rings (SSSR count). The van der Waals surface area contributed by atoms with Crippen LogP contribution in [-0.4, -0.2) is 32.5 Å². The molecule has 0 aliphatic carbocycles. The van der Waals surface area contributed by atoms with E-state index in [1.54, 1.807) is 6.07 Å². The average Bonchev–Trinajstić information content (AvgIpc) is 2.53. The number of nitrogens with zero attached hydrogens (tertiary/aromatic N) is 1. The van der Waals surface area contributed by atoms with E-state index in [2.05, 4.69) is 5.32 Å². The van der Waals surface area contributed by atoms with Crippen molar-refractivity contribution >= 4 is 5.69 Å². The van der Waals surface area contributed by atoms with Crippen molar-refractivity contribution in [3.63, 3.8) is 0 Å². The second-order valence-corrected chi connectivity index (χ2v) is 5.34. The maximum Gasteiger partial charge on any atom is 0.419 e. The standard InChI is InChI=1S/C15H16F4N2O2/c1-22-14(2-4-23-5-3-14)9-21-13-7-11(15(17,18)19)12(16)6-10(13)8-20/h6-7,21H,2-5,9H2,1H3. The fourth-order valence-corrected chi connectivity index (χ4v) is 2.48. The molecule has 126 valence electrons. The monoisotopic (exact) mass is 332 g/mol. The van der Waals surface area contributed by atoms with Gasteiger partial charge in [0.1, 0.15) is 11.9 Å². The van der Waals surface area contributed by atoms with Gasteiger partial charge in [-0.1, -0.05) is 0 Å². The van der Waals surface area contributed by atoms with Gasteiger partial charge in [-0.15, -0.1) is 0 Å². The molecule has 1 aromatic carbocycles. The van der Waals surface area contributed by atoms with Crippen LogP contribution in [0.4, 0.5) is 23.2 Å². The summed E-state index contributed by atoms with van der Waals surface area (Å²) in [6, 6.07) is 2.91. The molecule has 0 bridgehead atoms. The molecular weight excluding hydrogens is 316 g/mol. The minimum Gasteiger partial charge on any atom is -0.381 e. The molecule has 0 aromatic heterocycles. The maximum absolute atomic E-state index is 13.5. The molecule has 8 heteroatoms. The third-order valence-electron chi connectivity index (χ3n) is 3.97. The summed E-state index contributed by atoms with van der Waals surface area (Å²) in [6.07, 6.45) is -3.68. The smallest absolute Gasteiger partial charge is 0.381 e. The Morgan fingerprint density at radius 2 is 2.00 bits per heavy atom. The van der Waals surface area contributed by atoms with Gasteiger partial charge in [0.05, 0.1) is 22.4 Å². The number of methoxy groups -OCH3 is 1. The number of hydrogen-bond acceptors (Lipinski definition) is 4. The number of nitrogens with one attached hydrogen (secondary N) is 1. The third-order valence-corrected chi connectivity index (χ3v) is 3.97. The molecule has 0 unspecified atom stereocenters. The minimum atomic E-state index is -4.83. The number of nitriles is 1. The van der Waals surface area contributed by atoms with Gasteiger partial charge < -0.3 is 14.8 Å². The van der Waals surface area contributed by atoms with Crippen molar-refractivity contribution in [2.75, 3.05) is 32.2 Å². The number of rotatable bonds is 4. The van der Waals surface area contributed by atoms with E-state index in [-0.39, 0.29) is 17.8 Å². The molecule has 1 saturated heterocycles. The van der Waals surface area contributed by atoms with E-state index in [9.17, 15) is 17.6 Å². The minimum absolute atomic E-state index is 0.0656. The fourth-order valence-electron chi connectivity index (χ4n) is 2.48.